The van der Waals surface area contributed by atoms with Gasteiger partial charge >= 0.3 is 6.36 Å². The third-order valence-electron chi connectivity index (χ3n) is 4.80. The smallest absolute Gasteiger partial charge is 0.406 e. The Kier molecular flexibility index (Phi) is 4.02. The summed E-state index contributed by atoms with van der Waals surface area (Å²) in [6.07, 6.45) is 0.409. The fraction of sp³-hybridized carbons (Fsp3) is 0.263. The van der Waals surface area contributed by atoms with Crippen LogP contribution in [0.5, 0.6) is 5.75 Å². The van der Waals surface area contributed by atoms with E-state index in [0.29, 0.717) is 0 Å². The molecule has 1 heterocycles. The van der Waals surface area contributed by atoms with E-state index in [-0.39, 0.29) is 23.6 Å². The molecule has 2 aromatic rings. The van der Waals surface area contributed by atoms with E-state index in [1.54, 1.807) is 6.07 Å². The second-order valence-electron chi connectivity index (χ2n) is 6.32. The largest absolute Gasteiger partial charge is 0.573 e. The van der Waals surface area contributed by atoms with E-state index < -0.39 is 6.36 Å². The maximum atomic E-state index is 12.5. The first-order valence-corrected chi connectivity index (χ1v) is 8.78. The van der Waals surface area contributed by atoms with Crippen LogP contribution in [0.3, 0.4) is 0 Å². The van der Waals surface area contributed by atoms with E-state index in [1.165, 1.54) is 17.7 Å². The van der Waals surface area contributed by atoms with E-state index in [9.17, 15) is 13.2 Å². The molecular formula is C19H15BrF3NO. The molecule has 1 N–H and O–H groups in total. The number of halogens is 4. The monoisotopic (exact) mass is 409 g/mol. The van der Waals surface area contributed by atoms with Crippen LogP contribution in [0.15, 0.2) is 59.1 Å². The molecule has 0 saturated heterocycles. The van der Waals surface area contributed by atoms with Gasteiger partial charge in [0.05, 0.1) is 6.04 Å². The molecule has 3 atom stereocenters. The van der Waals surface area contributed by atoms with Crippen LogP contribution < -0.4 is 10.1 Å². The predicted octanol–water partition coefficient (Wildman–Crippen LogP) is 6.17. The van der Waals surface area contributed by atoms with Crippen molar-refractivity contribution in [1.82, 2.24) is 0 Å². The van der Waals surface area contributed by atoms with Gasteiger partial charge in [0.15, 0.2) is 0 Å². The van der Waals surface area contributed by atoms with Crippen LogP contribution in [-0.4, -0.2) is 6.36 Å². The van der Waals surface area contributed by atoms with Crippen molar-refractivity contribution in [1.29, 1.82) is 0 Å². The Morgan fingerprint density at radius 2 is 1.84 bits per heavy atom. The normalized spacial score (nSPS) is 24.4. The summed E-state index contributed by atoms with van der Waals surface area (Å²) >= 11 is 3.44. The first-order valence-electron chi connectivity index (χ1n) is 7.99. The number of hydrogen-bond donors (Lipinski definition) is 1. The van der Waals surface area contributed by atoms with Crippen molar-refractivity contribution >= 4 is 21.6 Å². The number of anilines is 1. The van der Waals surface area contributed by atoms with Gasteiger partial charge in [-0.15, -0.1) is 13.2 Å². The van der Waals surface area contributed by atoms with Crippen molar-refractivity contribution in [2.24, 2.45) is 5.92 Å². The molecule has 0 bridgehead atoms. The lowest BCUT2D eigenvalue weighted by molar-refractivity contribution is -0.274. The molecule has 2 aromatic carbocycles. The fourth-order valence-corrected chi connectivity index (χ4v) is 4.03. The highest BCUT2D eigenvalue weighted by atomic mass is 79.9. The molecule has 0 aromatic heterocycles. The molecule has 1 aliphatic carbocycles. The fourth-order valence-electron chi connectivity index (χ4n) is 3.77. The number of fused-ring (bicyclic) bond motifs is 3. The van der Waals surface area contributed by atoms with Crippen LogP contribution in [0.25, 0.3) is 0 Å². The summed E-state index contributed by atoms with van der Waals surface area (Å²) in [7, 11) is 0. The lowest BCUT2D eigenvalue weighted by atomic mass is 9.77. The number of rotatable bonds is 2. The summed E-state index contributed by atoms with van der Waals surface area (Å²) in [5, 5.41) is 3.50. The topological polar surface area (TPSA) is 21.3 Å². The van der Waals surface area contributed by atoms with Gasteiger partial charge in [0.1, 0.15) is 5.75 Å². The molecular weight excluding hydrogens is 395 g/mol. The van der Waals surface area contributed by atoms with E-state index in [4.69, 9.17) is 0 Å². The Bertz CT molecular complexity index is 816. The maximum Gasteiger partial charge on any atom is 0.573 e. The van der Waals surface area contributed by atoms with Crippen molar-refractivity contribution in [2.75, 3.05) is 5.32 Å². The average molecular weight is 410 g/mol. The van der Waals surface area contributed by atoms with Gasteiger partial charge in [0, 0.05) is 16.1 Å². The standard InChI is InChI=1S/C19H15BrF3NO/c20-12-6-4-11(5-7-12)18-15-3-1-2-14(15)16-10-13(25-19(21,22)23)8-9-17(16)24-18/h1-2,4-10,14-15,18,24H,3H2/t14-,15+,18+/m0/s1. The van der Waals surface area contributed by atoms with Gasteiger partial charge < -0.3 is 10.1 Å². The van der Waals surface area contributed by atoms with Gasteiger partial charge in [-0.05, 0) is 53.8 Å². The number of allylic oxidation sites excluding steroid dienone is 2. The van der Waals surface area contributed by atoms with Crippen LogP contribution in [0, 0.1) is 5.92 Å². The van der Waals surface area contributed by atoms with Crippen LogP contribution in [-0.2, 0) is 0 Å². The molecule has 0 unspecified atom stereocenters. The van der Waals surface area contributed by atoms with Gasteiger partial charge in [-0.25, -0.2) is 0 Å². The third-order valence-corrected chi connectivity index (χ3v) is 5.33. The molecule has 0 radical (unpaired) electrons. The molecule has 0 saturated carbocycles. The van der Waals surface area contributed by atoms with Crippen molar-refractivity contribution < 1.29 is 17.9 Å². The summed E-state index contributed by atoms with van der Waals surface area (Å²) in [4.78, 5) is 0. The van der Waals surface area contributed by atoms with Crippen LogP contribution >= 0.6 is 15.9 Å². The van der Waals surface area contributed by atoms with Crippen molar-refractivity contribution in [3.63, 3.8) is 0 Å². The van der Waals surface area contributed by atoms with Crippen molar-refractivity contribution in [2.45, 2.75) is 24.7 Å². The molecule has 25 heavy (non-hydrogen) atoms. The summed E-state index contributed by atoms with van der Waals surface area (Å²) in [5.41, 5.74) is 2.88. The minimum absolute atomic E-state index is 0.0849. The minimum Gasteiger partial charge on any atom is -0.406 e. The van der Waals surface area contributed by atoms with E-state index >= 15 is 0 Å². The zero-order chi connectivity index (χ0) is 17.6. The molecule has 2 aliphatic rings. The van der Waals surface area contributed by atoms with E-state index in [2.05, 4.69) is 50.3 Å². The second kappa shape index (κ2) is 6.09. The number of alkyl halides is 3. The maximum absolute atomic E-state index is 12.5. The van der Waals surface area contributed by atoms with Crippen LogP contribution in [0.4, 0.5) is 18.9 Å². The Labute approximate surface area is 151 Å². The SMILES string of the molecule is FC(F)(F)Oc1ccc2c(c1)[C@H]1C=CC[C@H]1[C@@H](c1ccc(Br)cc1)N2. The Hall–Kier alpha value is -1.95. The highest BCUT2D eigenvalue weighted by Gasteiger charge is 2.38. The number of ether oxygens (including phenoxy) is 1. The molecule has 4 rings (SSSR count). The van der Waals surface area contributed by atoms with Gasteiger partial charge in [-0.1, -0.05) is 40.2 Å². The van der Waals surface area contributed by atoms with Crippen LogP contribution in [0.2, 0.25) is 0 Å². The molecule has 1 aliphatic heterocycles. The van der Waals surface area contributed by atoms with Crippen molar-refractivity contribution in [3.8, 4) is 5.75 Å². The average Bonchev–Trinajstić information content (AvgIpc) is 3.03. The van der Waals surface area contributed by atoms with Gasteiger partial charge in [-0.3, -0.25) is 0 Å². The zero-order valence-corrected chi connectivity index (χ0v) is 14.6. The van der Waals surface area contributed by atoms with Gasteiger partial charge in [-0.2, -0.15) is 0 Å². The number of nitrogens with one attached hydrogen (secondary N) is 1. The minimum atomic E-state index is -4.68. The molecule has 6 heteroatoms. The molecule has 130 valence electrons. The Morgan fingerprint density at radius 3 is 2.56 bits per heavy atom. The van der Waals surface area contributed by atoms with E-state index in [1.807, 2.05) is 12.1 Å². The number of benzene rings is 2. The first-order chi connectivity index (χ1) is 11.9. The predicted molar refractivity (Wildman–Crippen MR) is 93.6 cm³/mol. The highest BCUT2D eigenvalue weighted by molar-refractivity contribution is 9.10. The third kappa shape index (κ3) is 3.27. The van der Waals surface area contributed by atoms with Crippen LogP contribution in [0.1, 0.15) is 29.5 Å². The summed E-state index contributed by atoms with van der Waals surface area (Å²) in [6.45, 7) is 0. The molecule has 0 fully saturated rings. The Balaban J connectivity index is 1.70. The lowest BCUT2D eigenvalue weighted by Gasteiger charge is -2.37. The van der Waals surface area contributed by atoms with Gasteiger partial charge in [0.25, 0.3) is 0 Å². The molecule has 0 spiro atoms. The number of hydrogen-bond acceptors (Lipinski definition) is 2. The lowest BCUT2D eigenvalue weighted by Crippen LogP contribution is -2.29. The molecule has 2 nitrogen and oxygen atoms in total. The first kappa shape index (κ1) is 16.5. The quantitative estimate of drug-likeness (QED) is 0.598. The summed E-state index contributed by atoms with van der Waals surface area (Å²) < 4.78 is 42.6. The van der Waals surface area contributed by atoms with Crippen molar-refractivity contribution in [3.05, 3.63) is 70.2 Å². The second-order valence-corrected chi connectivity index (χ2v) is 7.24. The summed E-state index contributed by atoms with van der Waals surface area (Å²) in [6, 6.07) is 12.8. The highest BCUT2D eigenvalue weighted by Crippen LogP contribution is 2.50. The summed E-state index contributed by atoms with van der Waals surface area (Å²) in [5.74, 6) is 0.186. The zero-order valence-electron chi connectivity index (χ0n) is 13.1. The van der Waals surface area contributed by atoms with E-state index in [0.717, 1.165) is 22.1 Å². The molecule has 0 amide bonds. The van der Waals surface area contributed by atoms with Gasteiger partial charge in [0.2, 0.25) is 0 Å². The Morgan fingerprint density at radius 1 is 1.08 bits per heavy atom.